The first-order valence-electron chi connectivity index (χ1n) is 8.95. The van der Waals surface area contributed by atoms with Crippen LogP contribution in [-0.2, 0) is 0 Å². The van der Waals surface area contributed by atoms with Crippen LogP contribution in [0.1, 0.15) is 57.8 Å². The molecule has 1 saturated carbocycles. The number of hydrogen-bond acceptors (Lipinski definition) is 3. The number of carbonyl (C=O) groups is 1. The Balaban J connectivity index is 1.68. The fourth-order valence-corrected chi connectivity index (χ4v) is 3.57. The number of aryl methyl sites for hydroxylation is 1. The predicted octanol–water partition coefficient (Wildman–Crippen LogP) is 4.86. The topological polar surface area (TPSA) is 41.8 Å². The number of Topliss-reactive ketones (excluding diaryl/α,β-unsaturated/α-hetero) is 1. The standard InChI is InChI=1S/C22H22N2O/c1-14-5-3-8-19(15(14)2)20(22-23-13-24-22)16-9-11-18(12-10-16)21(25)17-6-4-7-17/h3,5,8-13,17,20H,4,6-7H2,1-2H3. The highest BCUT2D eigenvalue weighted by atomic mass is 16.1. The highest BCUT2D eigenvalue weighted by molar-refractivity contribution is 6.07. The molecule has 25 heavy (non-hydrogen) atoms. The Morgan fingerprint density at radius 1 is 1.08 bits per heavy atom. The van der Waals surface area contributed by atoms with Gasteiger partial charge in [-0.2, -0.15) is 0 Å². The average molecular weight is 330 g/mol. The maximum absolute atomic E-state index is 12.4. The van der Waals surface area contributed by atoms with Gasteiger partial charge in [-0.05, 0) is 48.9 Å². The molecule has 0 radical (unpaired) electrons. The highest BCUT2D eigenvalue weighted by Gasteiger charge is 2.28. The molecule has 0 spiro atoms. The van der Waals surface area contributed by atoms with E-state index >= 15 is 0 Å². The maximum Gasteiger partial charge on any atom is 0.165 e. The van der Waals surface area contributed by atoms with E-state index in [1.54, 1.807) is 6.34 Å². The monoisotopic (exact) mass is 330 g/mol. The summed E-state index contributed by atoms with van der Waals surface area (Å²) >= 11 is 0. The fourth-order valence-electron chi connectivity index (χ4n) is 3.57. The SMILES string of the molecule is Cc1cccc(C(C2=NC=N2)c2ccc(C(=O)C3CCC3)cc2)c1C. The van der Waals surface area contributed by atoms with Crippen LogP contribution in [0.5, 0.6) is 0 Å². The minimum absolute atomic E-state index is 0.0257. The average Bonchev–Trinajstić information content (AvgIpc) is 2.52. The maximum atomic E-state index is 12.4. The smallest absolute Gasteiger partial charge is 0.165 e. The number of hydrogen-bond donors (Lipinski definition) is 0. The van der Waals surface area contributed by atoms with E-state index in [9.17, 15) is 4.79 Å². The number of benzene rings is 2. The van der Waals surface area contributed by atoms with E-state index in [0.29, 0.717) is 5.78 Å². The van der Waals surface area contributed by atoms with Crippen molar-refractivity contribution in [3.63, 3.8) is 0 Å². The van der Waals surface area contributed by atoms with Gasteiger partial charge >= 0.3 is 0 Å². The Labute approximate surface area is 148 Å². The molecule has 4 rings (SSSR count). The summed E-state index contributed by atoms with van der Waals surface area (Å²) in [6.07, 6.45) is 4.86. The molecule has 1 fully saturated rings. The van der Waals surface area contributed by atoms with Gasteiger partial charge in [0, 0.05) is 11.5 Å². The van der Waals surface area contributed by atoms with Crippen molar-refractivity contribution >= 4 is 18.0 Å². The Kier molecular flexibility index (Phi) is 4.08. The number of amidine groups is 1. The molecule has 2 aromatic rings. The van der Waals surface area contributed by atoms with Gasteiger partial charge in [-0.1, -0.05) is 48.9 Å². The van der Waals surface area contributed by atoms with E-state index in [0.717, 1.165) is 29.8 Å². The van der Waals surface area contributed by atoms with Crippen molar-refractivity contribution in [2.45, 2.75) is 39.0 Å². The fraction of sp³-hybridized carbons (Fsp3) is 0.318. The number of rotatable bonds is 5. The summed E-state index contributed by atoms with van der Waals surface area (Å²) in [7, 11) is 0. The summed E-state index contributed by atoms with van der Waals surface area (Å²) in [4.78, 5) is 21.1. The van der Waals surface area contributed by atoms with Gasteiger partial charge in [0.2, 0.25) is 0 Å². The van der Waals surface area contributed by atoms with Gasteiger partial charge < -0.3 is 0 Å². The molecule has 3 heteroatoms. The zero-order chi connectivity index (χ0) is 17.4. The van der Waals surface area contributed by atoms with E-state index in [4.69, 9.17) is 0 Å². The first-order valence-corrected chi connectivity index (χ1v) is 8.95. The van der Waals surface area contributed by atoms with Gasteiger partial charge in [0.25, 0.3) is 0 Å². The molecule has 0 N–H and O–H groups in total. The van der Waals surface area contributed by atoms with Gasteiger partial charge in [0.1, 0.15) is 12.2 Å². The first-order chi connectivity index (χ1) is 12.1. The lowest BCUT2D eigenvalue weighted by Crippen LogP contribution is -2.22. The van der Waals surface area contributed by atoms with Gasteiger partial charge in [0.05, 0.1) is 5.92 Å². The van der Waals surface area contributed by atoms with Crippen molar-refractivity contribution in [3.05, 3.63) is 70.3 Å². The Morgan fingerprint density at radius 2 is 1.80 bits per heavy atom. The summed E-state index contributed by atoms with van der Waals surface area (Å²) in [5, 5.41) is 0. The Morgan fingerprint density at radius 3 is 2.36 bits per heavy atom. The van der Waals surface area contributed by atoms with Crippen molar-refractivity contribution in [1.82, 2.24) is 0 Å². The summed E-state index contributed by atoms with van der Waals surface area (Å²) < 4.78 is 0. The molecule has 1 aliphatic heterocycles. The summed E-state index contributed by atoms with van der Waals surface area (Å²) in [5.74, 6) is 1.39. The van der Waals surface area contributed by atoms with Gasteiger partial charge in [-0.15, -0.1) is 0 Å². The summed E-state index contributed by atoms with van der Waals surface area (Å²) in [5.41, 5.74) is 5.73. The predicted molar refractivity (Wildman–Crippen MR) is 102 cm³/mol. The normalized spacial score (nSPS) is 17.4. The number of ketones is 1. The van der Waals surface area contributed by atoms with Crippen molar-refractivity contribution in [3.8, 4) is 0 Å². The van der Waals surface area contributed by atoms with E-state index in [2.05, 4.69) is 54.2 Å². The Hall–Kier alpha value is -2.55. The van der Waals surface area contributed by atoms with Gasteiger partial charge in [-0.25, -0.2) is 9.98 Å². The molecule has 3 nitrogen and oxygen atoms in total. The van der Waals surface area contributed by atoms with Crippen molar-refractivity contribution < 1.29 is 4.79 Å². The van der Waals surface area contributed by atoms with Crippen LogP contribution in [0.4, 0.5) is 0 Å². The van der Waals surface area contributed by atoms with Crippen LogP contribution in [0.15, 0.2) is 52.4 Å². The molecule has 1 aliphatic carbocycles. The molecule has 0 saturated heterocycles. The van der Waals surface area contributed by atoms with Crippen LogP contribution in [-0.4, -0.2) is 18.0 Å². The molecule has 2 aliphatic rings. The van der Waals surface area contributed by atoms with Crippen molar-refractivity contribution in [1.29, 1.82) is 0 Å². The van der Waals surface area contributed by atoms with Crippen LogP contribution in [0, 0.1) is 19.8 Å². The third-order valence-corrected chi connectivity index (χ3v) is 5.60. The van der Waals surface area contributed by atoms with Crippen LogP contribution in [0.2, 0.25) is 0 Å². The first kappa shape index (κ1) is 15.9. The van der Waals surface area contributed by atoms with Gasteiger partial charge in [-0.3, -0.25) is 4.79 Å². The lowest BCUT2D eigenvalue weighted by molar-refractivity contribution is 0.0855. The van der Waals surface area contributed by atoms with Gasteiger partial charge in [0.15, 0.2) is 5.78 Å². The second-order valence-electron chi connectivity index (χ2n) is 7.07. The molecule has 0 aromatic heterocycles. The molecule has 0 bridgehead atoms. The third kappa shape index (κ3) is 2.84. The van der Waals surface area contributed by atoms with Crippen LogP contribution < -0.4 is 0 Å². The quantitative estimate of drug-likeness (QED) is 0.722. The molecule has 1 unspecified atom stereocenters. The molecular weight excluding hydrogens is 308 g/mol. The second kappa shape index (κ2) is 6.40. The van der Waals surface area contributed by atoms with E-state index in [-0.39, 0.29) is 11.8 Å². The minimum atomic E-state index is 0.0257. The minimum Gasteiger partial charge on any atom is -0.294 e. The Bertz CT molecular complexity index is 873. The van der Waals surface area contributed by atoms with Crippen molar-refractivity contribution in [2.75, 3.05) is 0 Å². The molecule has 0 amide bonds. The molecular formula is C22H22N2O. The van der Waals surface area contributed by atoms with E-state index < -0.39 is 0 Å². The van der Waals surface area contributed by atoms with Crippen LogP contribution >= 0.6 is 0 Å². The summed E-state index contributed by atoms with van der Waals surface area (Å²) in [6, 6.07) is 14.4. The van der Waals surface area contributed by atoms with E-state index in [1.807, 2.05) is 12.1 Å². The lowest BCUT2D eigenvalue weighted by Gasteiger charge is -2.25. The van der Waals surface area contributed by atoms with Crippen LogP contribution in [0.3, 0.4) is 0 Å². The molecule has 2 aromatic carbocycles. The largest absolute Gasteiger partial charge is 0.294 e. The summed E-state index contributed by atoms with van der Waals surface area (Å²) in [6.45, 7) is 4.28. The second-order valence-corrected chi connectivity index (χ2v) is 7.07. The molecule has 1 atom stereocenters. The van der Waals surface area contributed by atoms with E-state index in [1.165, 1.54) is 23.1 Å². The third-order valence-electron chi connectivity index (χ3n) is 5.60. The molecule has 126 valence electrons. The molecule has 1 heterocycles. The number of aliphatic imine (C=N–C) groups is 2. The van der Waals surface area contributed by atoms with Crippen LogP contribution in [0.25, 0.3) is 0 Å². The highest BCUT2D eigenvalue weighted by Crippen LogP contribution is 2.33. The number of carbonyl (C=O) groups excluding carboxylic acids is 1. The van der Waals surface area contributed by atoms with Crippen molar-refractivity contribution in [2.24, 2.45) is 15.9 Å². The number of nitrogens with zero attached hydrogens (tertiary/aromatic N) is 2. The zero-order valence-corrected chi connectivity index (χ0v) is 14.7. The lowest BCUT2D eigenvalue weighted by atomic mass is 9.79. The zero-order valence-electron chi connectivity index (χ0n) is 14.7.